The molecule has 29 heavy (non-hydrogen) atoms. The van der Waals surface area contributed by atoms with Gasteiger partial charge in [0.2, 0.25) is 0 Å². The first-order valence-corrected chi connectivity index (χ1v) is 9.48. The van der Waals surface area contributed by atoms with Gasteiger partial charge in [0.25, 0.3) is 5.88 Å². The summed E-state index contributed by atoms with van der Waals surface area (Å²) < 4.78 is 7.48. The minimum Gasteiger partial charge on any atom is -0.389 e. The van der Waals surface area contributed by atoms with Crippen LogP contribution in [-0.4, -0.2) is 38.8 Å². The summed E-state index contributed by atoms with van der Waals surface area (Å²) in [5.74, 6) is 0.275. The van der Waals surface area contributed by atoms with Crippen LogP contribution in [0.4, 0.5) is 4.79 Å². The van der Waals surface area contributed by atoms with Crippen molar-refractivity contribution in [2.45, 2.75) is 13.8 Å². The molecule has 0 spiro atoms. The Hall–Kier alpha value is -2.83. The second-order valence-electron chi connectivity index (χ2n) is 6.29. The van der Waals surface area contributed by atoms with Crippen LogP contribution in [0.25, 0.3) is 27.4 Å². The zero-order valence-corrected chi connectivity index (χ0v) is 17.6. The van der Waals surface area contributed by atoms with E-state index in [0.29, 0.717) is 18.1 Å². The normalized spacial score (nSPS) is 10.7. The molecule has 8 heteroatoms. The predicted octanol–water partition coefficient (Wildman–Crippen LogP) is 5.49. The molecular weight excluding hydrogens is 411 g/mol. The summed E-state index contributed by atoms with van der Waals surface area (Å²) in [5, 5.41) is 7.90. The third kappa shape index (κ3) is 3.86. The Balaban J connectivity index is 0.00000240. The van der Waals surface area contributed by atoms with Crippen molar-refractivity contribution in [1.82, 2.24) is 19.7 Å². The molecule has 0 saturated heterocycles. The van der Waals surface area contributed by atoms with Gasteiger partial charge in [-0.1, -0.05) is 23.7 Å². The van der Waals surface area contributed by atoms with Crippen molar-refractivity contribution in [1.29, 1.82) is 0 Å². The lowest BCUT2D eigenvalue weighted by Crippen LogP contribution is -2.33. The number of hydrogen-bond acceptors (Lipinski definition) is 4. The Morgan fingerprint density at radius 1 is 1.10 bits per heavy atom. The van der Waals surface area contributed by atoms with E-state index in [-0.39, 0.29) is 18.3 Å². The van der Waals surface area contributed by atoms with Crippen LogP contribution in [0.3, 0.4) is 0 Å². The van der Waals surface area contributed by atoms with Crippen LogP contribution in [0, 0.1) is 0 Å². The average Bonchev–Trinajstić information content (AvgIpc) is 3.08. The fourth-order valence-corrected chi connectivity index (χ4v) is 3.45. The molecule has 0 bridgehead atoms. The Bertz CT molecular complexity index is 1160. The standard InChI is InChI=1S/C21H19ClN4O2.ClH/c1-3-25(4-2)21(27)28-20-19-17-7-6-15(22)13-14(17)5-8-18(19)26(24-20)16-9-11-23-12-10-16;/h5-13H,3-4H2,1-2H3;1H. The van der Waals surface area contributed by atoms with Gasteiger partial charge in [-0.25, -0.2) is 9.48 Å². The van der Waals surface area contributed by atoms with Crippen molar-refractivity contribution in [3.05, 3.63) is 59.9 Å². The molecule has 6 nitrogen and oxygen atoms in total. The number of hydrogen-bond donors (Lipinski definition) is 0. The van der Waals surface area contributed by atoms with Gasteiger partial charge < -0.3 is 9.64 Å². The van der Waals surface area contributed by atoms with E-state index in [1.165, 1.54) is 0 Å². The Labute approximate surface area is 179 Å². The quantitative estimate of drug-likeness (QED) is 0.429. The van der Waals surface area contributed by atoms with Crippen LogP contribution >= 0.6 is 24.0 Å². The molecule has 150 valence electrons. The molecule has 1 amide bonds. The van der Waals surface area contributed by atoms with Crippen molar-refractivity contribution >= 4 is 51.8 Å². The number of aromatic nitrogens is 3. The largest absolute Gasteiger partial charge is 0.416 e. The van der Waals surface area contributed by atoms with E-state index in [0.717, 1.165) is 27.4 Å². The Morgan fingerprint density at radius 2 is 1.83 bits per heavy atom. The summed E-state index contributed by atoms with van der Waals surface area (Å²) in [5.41, 5.74) is 1.67. The van der Waals surface area contributed by atoms with Crippen molar-refractivity contribution in [3.8, 4) is 11.6 Å². The molecule has 0 radical (unpaired) electrons. The topological polar surface area (TPSA) is 60.3 Å². The molecule has 0 saturated carbocycles. The fourth-order valence-electron chi connectivity index (χ4n) is 3.27. The van der Waals surface area contributed by atoms with Crippen LogP contribution in [0.2, 0.25) is 5.02 Å². The first kappa shape index (κ1) is 20.9. The lowest BCUT2D eigenvalue weighted by molar-refractivity contribution is 0.156. The third-order valence-corrected chi connectivity index (χ3v) is 4.94. The lowest BCUT2D eigenvalue weighted by Gasteiger charge is -2.17. The predicted molar refractivity (Wildman–Crippen MR) is 118 cm³/mol. The monoisotopic (exact) mass is 430 g/mol. The zero-order valence-electron chi connectivity index (χ0n) is 16.0. The fraction of sp³-hybridized carbons (Fsp3) is 0.190. The second kappa shape index (κ2) is 8.68. The van der Waals surface area contributed by atoms with Crippen LogP contribution in [0.5, 0.6) is 5.88 Å². The lowest BCUT2D eigenvalue weighted by atomic mass is 10.1. The van der Waals surface area contributed by atoms with Crippen LogP contribution < -0.4 is 4.74 Å². The van der Waals surface area contributed by atoms with Gasteiger partial charge in [-0.05, 0) is 55.0 Å². The van der Waals surface area contributed by atoms with Crippen molar-refractivity contribution < 1.29 is 9.53 Å². The highest BCUT2D eigenvalue weighted by Crippen LogP contribution is 2.35. The average molecular weight is 431 g/mol. The van der Waals surface area contributed by atoms with Crippen molar-refractivity contribution in [3.63, 3.8) is 0 Å². The van der Waals surface area contributed by atoms with E-state index >= 15 is 0 Å². The summed E-state index contributed by atoms with van der Waals surface area (Å²) in [7, 11) is 0. The smallest absolute Gasteiger partial charge is 0.389 e. The van der Waals surface area contributed by atoms with E-state index in [4.69, 9.17) is 16.3 Å². The molecule has 2 heterocycles. The van der Waals surface area contributed by atoms with Gasteiger partial charge in [0, 0.05) is 30.5 Å². The molecule has 0 aliphatic rings. The van der Waals surface area contributed by atoms with E-state index < -0.39 is 6.09 Å². The van der Waals surface area contributed by atoms with Crippen LogP contribution in [0.15, 0.2) is 54.9 Å². The zero-order chi connectivity index (χ0) is 19.7. The molecule has 0 fully saturated rings. The van der Waals surface area contributed by atoms with E-state index in [2.05, 4.69) is 10.1 Å². The van der Waals surface area contributed by atoms with Gasteiger partial charge in [0.15, 0.2) is 0 Å². The number of amides is 1. The summed E-state index contributed by atoms with van der Waals surface area (Å²) >= 11 is 6.15. The van der Waals surface area contributed by atoms with Crippen LogP contribution in [0.1, 0.15) is 13.8 Å². The summed E-state index contributed by atoms with van der Waals surface area (Å²) in [6, 6.07) is 13.3. The number of fused-ring (bicyclic) bond motifs is 3. The maximum atomic E-state index is 12.6. The van der Waals surface area contributed by atoms with Gasteiger partial charge >= 0.3 is 6.09 Å². The summed E-state index contributed by atoms with van der Waals surface area (Å²) in [6.45, 7) is 4.95. The number of rotatable bonds is 4. The third-order valence-electron chi connectivity index (χ3n) is 4.71. The van der Waals surface area contributed by atoms with E-state index in [1.807, 2.05) is 56.3 Å². The maximum Gasteiger partial charge on any atom is 0.416 e. The minimum absolute atomic E-state index is 0. The molecule has 0 aliphatic heterocycles. The number of carbonyl (C=O) groups excluding carboxylic acids is 1. The van der Waals surface area contributed by atoms with E-state index in [1.54, 1.807) is 22.0 Å². The molecule has 4 rings (SSSR count). The van der Waals surface area contributed by atoms with Gasteiger partial charge in [-0.15, -0.1) is 17.5 Å². The first-order chi connectivity index (χ1) is 13.6. The van der Waals surface area contributed by atoms with Gasteiger partial charge in [-0.3, -0.25) is 4.98 Å². The maximum absolute atomic E-state index is 12.6. The summed E-state index contributed by atoms with van der Waals surface area (Å²) in [6.07, 6.45) is 2.98. The van der Waals surface area contributed by atoms with E-state index in [9.17, 15) is 4.79 Å². The van der Waals surface area contributed by atoms with Crippen molar-refractivity contribution in [2.24, 2.45) is 0 Å². The Morgan fingerprint density at radius 3 is 2.52 bits per heavy atom. The van der Waals surface area contributed by atoms with Gasteiger partial charge in [0.05, 0.1) is 16.6 Å². The molecule has 0 aliphatic carbocycles. The molecule has 4 aromatic rings. The molecular formula is C21H20Cl2N4O2. The first-order valence-electron chi connectivity index (χ1n) is 9.10. The number of pyridine rings is 1. The summed E-state index contributed by atoms with van der Waals surface area (Å²) in [4.78, 5) is 18.3. The molecule has 0 N–H and O–H groups in total. The number of ether oxygens (including phenoxy) is 1. The highest BCUT2D eigenvalue weighted by Gasteiger charge is 2.21. The van der Waals surface area contributed by atoms with Gasteiger partial charge in [0.1, 0.15) is 0 Å². The molecule has 0 atom stereocenters. The van der Waals surface area contributed by atoms with Crippen LogP contribution in [-0.2, 0) is 0 Å². The molecule has 0 unspecified atom stereocenters. The molecule has 2 aromatic heterocycles. The Kier molecular flexibility index (Phi) is 6.25. The second-order valence-corrected chi connectivity index (χ2v) is 6.72. The number of halogens is 2. The number of carbonyl (C=O) groups is 1. The highest BCUT2D eigenvalue weighted by atomic mass is 35.5. The SMILES string of the molecule is CCN(CC)C(=O)Oc1nn(-c2ccncc2)c2ccc3cc(Cl)ccc3c12.Cl. The van der Waals surface area contributed by atoms with Gasteiger partial charge in [-0.2, -0.15) is 0 Å². The van der Waals surface area contributed by atoms with Crippen molar-refractivity contribution in [2.75, 3.05) is 13.1 Å². The molecule has 2 aromatic carbocycles. The minimum atomic E-state index is -0.419. The number of benzene rings is 2. The highest BCUT2D eigenvalue weighted by molar-refractivity contribution is 6.31. The number of nitrogens with zero attached hydrogens (tertiary/aromatic N) is 4.